The third-order valence-corrected chi connectivity index (χ3v) is 3.95. The topological polar surface area (TPSA) is 87.6 Å². The minimum atomic E-state index is 0.220. The molecule has 0 aliphatic carbocycles. The van der Waals surface area contributed by atoms with Gasteiger partial charge in [-0.15, -0.1) is 10.2 Å². The van der Waals surface area contributed by atoms with Crippen LogP contribution in [0.2, 0.25) is 0 Å². The van der Waals surface area contributed by atoms with Gasteiger partial charge in [-0.05, 0) is 34.1 Å². The summed E-state index contributed by atoms with van der Waals surface area (Å²) in [5.41, 5.74) is 2.00. The number of hydrogen-bond donors (Lipinski definition) is 0. The van der Waals surface area contributed by atoms with E-state index in [4.69, 9.17) is 13.9 Å². The van der Waals surface area contributed by atoms with Gasteiger partial charge in [0.25, 0.3) is 5.89 Å². The zero-order valence-corrected chi connectivity index (χ0v) is 13.6. The number of fused-ring (bicyclic) bond motifs is 2. The largest absolute Gasteiger partial charge is 0.454 e. The predicted octanol–water partition coefficient (Wildman–Crippen LogP) is 2.94. The lowest BCUT2D eigenvalue weighted by atomic mass is 10.2. The molecule has 0 bridgehead atoms. The van der Waals surface area contributed by atoms with E-state index >= 15 is 0 Å². The van der Waals surface area contributed by atoms with Gasteiger partial charge in [-0.2, -0.15) is 5.10 Å². The van der Waals surface area contributed by atoms with E-state index in [0.29, 0.717) is 34.6 Å². The molecule has 4 heterocycles. The first-order chi connectivity index (χ1) is 11.8. The zero-order valence-electron chi connectivity index (χ0n) is 12.0. The average Bonchev–Trinajstić information content (AvgIpc) is 3.31. The van der Waals surface area contributed by atoms with E-state index < -0.39 is 0 Å². The summed E-state index contributed by atoms with van der Waals surface area (Å²) in [6, 6.07) is 7.24. The fourth-order valence-electron chi connectivity index (χ4n) is 2.43. The average molecular weight is 386 g/mol. The van der Waals surface area contributed by atoms with Crippen molar-refractivity contribution in [2.75, 3.05) is 6.79 Å². The number of halogens is 1. The van der Waals surface area contributed by atoms with Gasteiger partial charge in [-0.1, -0.05) is 0 Å². The summed E-state index contributed by atoms with van der Waals surface area (Å²) in [7, 11) is 0. The Hall–Kier alpha value is -2.94. The first-order valence-electron chi connectivity index (χ1n) is 7.01. The maximum Gasteiger partial charge on any atom is 0.268 e. The van der Waals surface area contributed by atoms with Crippen LogP contribution in [0, 0.1) is 0 Å². The van der Waals surface area contributed by atoms with Crippen LogP contribution >= 0.6 is 15.9 Å². The molecule has 1 aliphatic heterocycles. The van der Waals surface area contributed by atoms with Gasteiger partial charge in [0.15, 0.2) is 22.8 Å². The van der Waals surface area contributed by atoms with Gasteiger partial charge in [0, 0.05) is 24.0 Å². The fraction of sp³-hybridized carbons (Fsp3) is 0.0667. The van der Waals surface area contributed by atoms with E-state index in [0.717, 1.165) is 10.0 Å². The van der Waals surface area contributed by atoms with Gasteiger partial charge < -0.3 is 13.9 Å². The standard InChI is InChI=1S/C15H8BrN5O3/c16-9-5-17-13-4-10(20-21(13)6-9)15-19-18-14(24-15)8-1-2-11-12(3-8)23-7-22-11/h1-6H,7H2. The highest BCUT2D eigenvalue weighted by Crippen LogP contribution is 2.36. The van der Waals surface area contributed by atoms with E-state index in [2.05, 4.69) is 36.2 Å². The summed E-state index contributed by atoms with van der Waals surface area (Å²) in [6.07, 6.45) is 3.51. The number of hydrogen-bond acceptors (Lipinski definition) is 7. The van der Waals surface area contributed by atoms with Crippen molar-refractivity contribution < 1.29 is 13.9 Å². The smallest absolute Gasteiger partial charge is 0.268 e. The van der Waals surface area contributed by atoms with Crippen LogP contribution in [0.4, 0.5) is 0 Å². The van der Waals surface area contributed by atoms with Crippen LogP contribution in [0.1, 0.15) is 0 Å². The van der Waals surface area contributed by atoms with Gasteiger partial charge in [-0.25, -0.2) is 9.50 Å². The van der Waals surface area contributed by atoms with Crippen molar-refractivity contribution in [3.05, 3.63) is 41.1 Å². The first-order valence-corrected chi connectivity index (χ1v) is 7.80. The molecule has 0 radical (unpaired) electrons. The molecule has 5 rings (SSSR count). The minimum Gasteiger partial charge on any atom is -0.454 e. The minimum absolute atomic E-state index is 0.220. The molecule has 1 aromatic carbocycles. The quantitative estimate of drug-likeness (QED) is 0.524. The van der Waals surface area contributed by atoms with Crippen LogP contribution in [0.25, 0.3) is 28.7 Å². The molecular weight excluding hydrogens is 378 g/mol. The van der Waals surface area contributed by atoms with Gasteiger partial charge in [-0.3, -0.25) is 0 Å². The highest BCUT2D eigenvalue weighted by Gasteiger charge is 2.18. The molecule has 9 heteroatoms. The first kappa shape index (κ1) is 13.5. The highest BCUT2D eigenvalue weighted by atomic mass is 79.9. The molecule has 0 fully saturated rings. The van der Waals surface area contributed by atoms with Crippen LogP contribution in [0.3, 0.4) is 0 Å². The van der Waals surface area contributed by atoms with E-state index in [1.807, 2.05) is 18.2 Å². The molecule has 0 atom stereocenters. The molecule has 24 heavy (non-hydrogen) atoms. The Morgan fingerprint density at radius 2 is 1.92 bits per heavy atom. The van der Waals surface area contributed by atoms with Crippen molar-refractivity contribution in [3.63, 3.8) is 0 Å². The molecule has 118 valence electrons. The normalized spacial score (nSPS) is 12.9. The fourth-order valence-corrected chi connectivity index (χ4v) is 2.73. The van der Waals surface area contributed by atoms with Crippen molar-refractivity contribution >= 4 is 21.6 Å². The molecule has 0 amide bonds. The van der Waals surface area contributed by atoms with Crippen molar-refractivity contribution in [1.29, 1.82) is 0 Å². The Morgan fingerprint density at radius 1 is 1.04 bits per heavy atom. The van der Waals surface area contributed by atoms with Gasteiger partial charge >= 0.3 is 0 Å². The maximum atomic E-state index is 5.74. The van der Waals surface area contributed by atoms with Crippen LogP contribution < -0.4 is 9.47 Å². The Bertz CT molecular complexity index is 1070. The Labute approximate surface area is 143 Å². The number of rotatable bonds is 2. The third-order valence-electron chi connectivity index (χ3n) is 3.55. The molecule has 0 saturated carbocycles. The maximum absolute atomic E-state index is 5.74. The summed E-state index contributed by atoms with van der Waals surface area (Å²) in [5, 5.41) is 12.5. The second-order valence-corrected chi connectivity index (χ2v) is 6.00. The lowest BCUT2D eigenvalue weighted by Gasteiger charge is -1.97. The molecule has 0 spiro atoms. The van der Waals surface area contributed by atoms with Gasteiger partial charge in [0.05, 0.1) is 4.47 Å². The lowest BCUT2D eigenvalue weighted by molar-refractivity contribution is 0.174. The van der Waals surface area contributed by atoms with Crippen LogP contribution in [0.15, 0.2) is 45.5 Å². The van der Waals surface area contributed by atoms with Crippen LogP contribution in [-0.2, 0) is 0 Å². The number of aromatic nitrogens is 5. The van der Waals surface area contributed by atoms with E-state index in [1.165, 1.54) is 0 Å². The van der Waals surface area contributed by atoms with Crippen LogP contribution in [-0.4, -0.2) is 31.6 Å². The van der Waals surface area contributed by atoms with Crippen molar-refractivity contribution in [3.8, 4) is 34.5 Å². The monoisotopic (exact) mass is 385 g/mol. The molecule has 1 aliphatic rings. The highest BCUT2D eigenvalue weighted by molar-refractivity contribution is 9.10. The van der Waals surface area contributed by atoms with Gasteiger partial charge in [0.1, 0.15) is 0 Å². The lowest BCUT2D eigenvalue weighted by Crippen LogP contribution is -1.92. The Morgan fingerprint density at radius 3 is 2.88 bits per heavy atom. The van der Waals surface area contributed by atoms with E-state index in [9.17, 15) is 0 Å². The molecule has 0 N–H and O–H groups in total. The third kappa shape index (κ3) is 2.13. The van der Waals surface area contributed by atoms with Crippen LogP contribution in [0.5, 0.6) is 11.5 Å². The Kier molecular flexibility index (Phi) is 2.83. The van der Waals surface area contributed by atoms with E-state index in [1.54, 1.807) is 23.0 Å². The molecule has 3 aromatic heterocycles. The van der Waals surface area contributed by atoms with Crippen molar-refractivity contribution in [2.24, 2.45) is 0 Å². The summed E-state index contributed by atoms with van der Waals surface area (Å²) in [6.45, 7) is 0.220. The van der Waals surface area contributed by atoms with E-state index in [-0.39, 0.29) is 6.79 Å². The second-order valence-electron chi connectivity index (χ2n) is 5.08. The number of benzene rings is 1. The number of nitrogens with zero attached hydrogens (tertiary/aromatic N) is 5. The number of ether oxygens (including phenoxy) is 2. The zero-order chi connectivity index (χ0) is 16.1. The summed E-state index contributed by atoms with van der Waals surface area (Å²) >= 11 is 3.36. The summed E-state index contributed by atoms with van der Waals surface area (Å²) in [4.78, 5) is 4.26. The Balaban J connectivity index is 1.54. The molecular formula is C15H8BrN5O3. The SMILES string of the molecule is Brc1cnc2cc(-c3nnc(-c4ccc5c(c4)OCO5)o3)nn2c1. The molecule has 0 saturated heterocycles. The van der Waals surface area contributed by atoms with Crippen molar-refractivity contribution in [2.45, 2.75) is 0 Å². The second kappa shape index (κ2) is 5.03. The van der Waals surface area contributed by atoms with Gasteiger partial charge in [0.2, 0.25) is 12.7 Å². The molecule has 8 nitrogen and oxygen atoms in total. The molecule has 0 unspecified atom stereocenters. The predicted molar refractivity (Wildman–Crippen MR) is 85.5 cm³/mol. The summed E-state index contributed by atoms with van der Waals surface area (Å²) in [5.74, 6) is 2.07. The molecule has 4 aromatic rings. The van der Waals surface area contributed by atoms with Crippen molar-refractivity contribution in [1.82, 2.24) is 24.8 Å². The summed E-state index contributed by atoms with van der Waals surface area (Å²) < 4.78 is 18.9.